The lowest BCUT2D eigenvalue weighted by Crippen LogP contribution is -2.29. The molecule has 6 heteroatoms. The van der Waals surface area contributed by atoms with E-state index in [0.29, 0.717) is 28.9 Å². The molecule has 2 aromatic rings. The number of hydrogen-bond donors (Lipinski definition) is 0. The third-order valence-corrected chi connectivity index (χ3v) is 3.84. The Morgan fingerprint density at radius 2 is 2.14 bits per heavy atom. The van der Waals surface area contributed by atoms with E-state index in [1.807, 2.05) is 13.0 Å². The van der Waals surface area contributed by atoms with Crippen molar-refractivity contribution in [3.63, 3.8) is 0 Å². The number of amides is 1. The van der Waals surface area contributed by atoms with Crippen molar-refractivity contribution in [2.24, 2.45) is 0 Å². The summed E-state index contributed by atoms with van der Waals surface area (Å²) in [6.45, 7) is 2.05. The minimum atomic E-state index is -0.534. The molecule has 0 atom stereocenters. The van der Waals surface area contributed by atoms with E-state index in [0.717, 1.165) is 18.4 Å². The van der Waals surface area contributed by atoms with Gasteiger partial charge in [-0.2, -0.15) is 4.98 Å². The molecule has 1 aromatic carbocycles. The van der Waals surface area contributed by atoms with E-state index in [1.54, 1.807) is 12.1 Å². The molecule has 1 fully saturated rings. The number of aryl methyl sites for hydroxylation is 1. The number of aromatic nitrogens is 2. The quantitative estimate of drug-likeness (QED) is 0.805. The van der Waals surface area contributed by atoms with Gasteiger partial charge in [0.05, 0.1) is 17.8 Å². The molecular weight excluding hydrogens is 270 g/mol. The van der Waals surface area contributed by atoms with Gasteiger partial charge in [-0.15, -0.1) is 0 Å². The number of ketones is 1. The summed E-state index contributed by atoms with van der Waals surface area (Å²) in [5.74, 6) is 0.434. The van der Waals surface area contributed by atoms with Crippen LogP contribution in [0.4, 0.5) is 5.69 Å². The molecule has 1 aliphatic carbocycles. The number of carbonyl (C=O) groups is 2. The van der Waals surface area contributed by atoms with Crippen LogP contribution >= 0.6 is 0 Å². The molecule has 1 aromatic heterocycles. The molecule has 0 unspecified atom stereocenters. The number of nitrogens with zero attached hydrogens (tertiary/aromatic N) is 3. The van der Waals surface area contributed by atoms with E-state index in [4.69, 9.17) is 4.52 Å². The maximum atomic E-state index is 12.1. The van der Waals surface area contributed by atoms with Crippen LogP contribution in [0.2, 0.25) is 0 Å². The summed E-state index contributed by atoms with van der Waals surface area (Å²) in [6.07, 6.45) is 2.15. The van der Waals surface area contributed by atoms with Gasteiger partial charge < -0.3 is 4.52 Å². The minimum absolute atomic E-state index is 0.164. The molecule has 4 rings (SSSR count). The number of anilines is 1. The number of rotatable bonds is 3. The molecule has 1 saturated carbocycles. The van der Waals surface area contributed by atoms with E-state index in [9.17, 15) is 9.59 Å². The number of Topliss-reactive ketones (excluding diaryl/α,β-unsaturated/α-hetero) is 1. The number of carbonyl (C=O) groups excluding carboxylic acids is 2. The van der Waals surface area contributed by atoms with Crippen LogP contribution in [0.15, 0.2) is 22.7 Å². The first-order valence-electron chi connectivity index (χ1n) is 6.93. The Morgan fingerprint density at radius 1 is 1.33 bits per heavy atom. The normalized spacial score (nSPS) is 17.5. The fourth-order valence-electron chi connectivity index (χ4n) is 2.54. The Hall–Kier alpha value is -2.50. The van der Waals surface area contributed by atoms with Crippen molar-refractivity contribution in [1.29, 1.82) is 0 Å². The second kappa shape index (κ2) is 4.25. The van der Waals surface area contributed by atoms with Crippen LogP contribution in [-0.4, -0.2) is 21.8 Å². The van der Waals surface area contributed by atoms with Crippen LogP contribution in [0, 0.1) is 6.92 Å². The average molecular weight is 283 g/mol. The maximum Gasteiger partial charge on any atom is 0.299 e. The van der Waals surface area contributed by atoms with Gasteiger partial charge in [-0.25, -0.2) is 0 Å². The predicted octanol–water partition coefficient (Wildman–Crippen LogP) is 1.98. The first-order chi connectivity index (χ1) is 10.1. The second-order valence-corrected chi connectivity index (χ2v) is 5.56. The van der Waals surface area contributed by atoms with Crippen LogP contribution in [0.5, 0.6) is 0 Å². The molecular formula is C15H13N3O3. The molecule has 0 spiro atoms. The zero-order valence-electron chi connectivity index (χ0n) is 11.5. The number of benzene rings is 1. The van der Waals surface area contributed by atoms with Crippen molar-refractivity contribution in [2.75, 3.05) is 4.90 Å². The van der Waals surface area contributed by atoms with Gasteiger partial charge in [-0.05, 0) is 31.9 Å². The fraction of sp³-hybridized carbons (Fsp3) is 0.333. The van der Waals surface area contributed by atoms with Crippen LogP contribution in [0.1, 0.15) is 46.4 Å². The van der Waals surface area contributed by atoms with Crippen LogP contribution in [0.25, 0.3) is 0 Å². The van der Waals surface area contributed by atoms with E-state index < -0.39 is 11.7 Å². The summed E-state index contributed by atoms with van der Waals surface area (Å²) < 4.78 is 5.18. The van der Waals surface area contributed by atoms with Crippen molar-refractivity contribution in [2.45, 2.75) is 32.2 Å². The highest BCUT2D eigenvalue weighted by molar-refractivity contribution is 6.52. The van der Waals surface area contributed by atoms with E-state index in [1.165, 1.54) is 4.90 Å². The lowest BCUT2D eigenvalue weighted by Gasteiger charge is -2.13. The Balaban J connectivity index is 1.65. The smallest absolute Gasteiger partial charge is 0.299 e. The Labute approximate surface area is 120 Å². The largest absolute Gasteiger partial charge is 0.339 e. The lowest BCUT2D eigenvalue weighted by molar-refractivity contribution is -0.114. The molecule has 21 heavy (non-hydrogen) atoms. The summed E-state index contributed by atoms with van der Waals surface area (Å²) in [4.78, 5) is 29.9. The van der Waals surface area contributed by atoms with Gasteiger partial charge in [-0.3, -0.25) is 14.5 Å². The molecule has 2 heterocycles. The predicted molar refractivity (Wildman–Crippen MR) is 73.0 cm³/mol. The van der Waals surface area contributed by atoms with Crippen molar-refractivity contribution < 1.29 is 14.1 Å². The van der Waals surface area contributed by atoms with Crippen LogP contribution < -0.4 is 4.90 Å². The molecule has 0 radical (unpaired) electrons. The van der Waals surface area contributed by atoms with Crippen LogP contribution in [-0.2, 0) is 11.3 Å². The molecule has 0 bridgehead atoms. The minimum Gasteiger partial charge on any atom is -0.339 e. The van der Waals surface area contributed by atoms with Gasteiger partial charge in [0.1, 0.15) is 0 Å². The Kier molecular flexibility index (Phi) is 2.48. The topological polar surface area (TPSA) is 76.3 Å². The fourth-order valence-corrected chi connectivity index (χ4v) is 2.54. The average Bonchev–Trinajstić information content (AvgIpc) is 3.18. The highest BCUT2D eigenvalue weighted by Gasteiger charge is 2.37. The summed E-state index contributed by atoms with van der Waals surface area (Å²) in [6, 6.07) is 5.40. The summed E-state index contributed by atoms with van der Waals surface area (Å²) in [7, 11) is 0. The van der Waals surface area contributed by atoms with Gasteiger partial charge in [0.15, 0.2) is 5.82 Å². The molecule has 6 nitrogen and oxygen atoms in total. The van der Waals surface area contributed by atoms with Gasteiger partial charge in [0.25, 0.3) is 11.7 Å². The van der Waals surface area contributed by atoms with Gasteiger partial charge in [-0.1, -0.05) is 16.8 Å². The van der Waals surface area contributed by atoms with E-state index in [2.05, 4.69) is 10.1 Å². The third-order valence-electron chi connectivity index (χ3n) is 3.84. The molecule has 1 aliphatic heterocycles. The van der Waals surface area contributed by atoms with Crippen molar-refractivity contribution in [3.8, 4) is 0 Å². The molecule has 0 N–H and O–H groups in total. The molecule has 0 saturated heterocycles. The lowest BCUT2D eigenvalue weighted by atomic mass is 10.1. The van der Waals surface area contributed by atoms with E-state index >= 15 is 0 Å². The second-order valence-electron chi connectivity index (χ2n) is 5.56. The highest BCUT2D eigenvalue weighted by Crippen LogP contribution is 2.39. The first-order valence-corrected chi connectivity index (χ1v) is 6.93. The van der Waals surface area contributed by atoms with Crippen LogP contribution in [0.3, 0.4) is 0 Å². The van der Waals surface area contributed by atoms with Gasteiger partial charge in [0.2, 0.25) is 5.89 Å². The zero-order valence-corrected chi connectivity index (χ0v) is 11.5. The van der Waals surface area contributed by atoms with Gasteiger partial charge >= 0.3 is 0 Å². The Morgan fingerprint density at radius 3 is 2.90 bits per heavy atom. The maximum absolute atomic E-state index is 12.1. The Bertz CT molecular complexity index is 761. The summed E-state index contributed by atoms with van der Waals surface area (Å²) >= 11 is 0. The van der Waals surface area contributed by atoms with Crippen molar-refractivity contribution >= 4 is 17.4 Å². The monoisotopic (exact) mass is 283 g/mol. The summed E-state index contributed by atoms with van der Waals surface area (Å²) in [5, 5.41) is 3.90. The SMILES string of the molecule is Cc1ccc2c(c1)C(=O)C(=O)N2Cc1noc(C2CC2)n1. The number of fused-ring (bicyclic) bond motifs is 1. The highest BCUT2D eigenvalue weighted by atomic mass is 16.5. The molecule has 2 aliphatic rings. The van der Waals surface area contributed by atoms with Crippen molar-refractivity contribution in [1.82, 2.24) is 10.1 Å². The third kappa shape index (κ3) is 1.94. The first kappa shape index (κ1) is 12.3. The molecule has 106 valence electrons. The van der Waals surface area contributed by atoms with Gasteiger partial charge in [0, 0.05) is 5.92 Å². The molecule has 1 amide bonds. The standard InChI is InChI=1S/C15H13N3O3/c1-8-2-5-11-10(6-8)13(19)15(20)18(11)7-12-16-14(21-17-12)9-3-4-9/h2,5-6,9H,3-4,7H2,1H3. The van der Waals surface area contributed by atoms with E-state index in [-0.39, 0.29) is 6.54 Å². The summed E-state index contributed by atoms with van der Waals surface area (Å²) in [5.41, 5.74) is 2.02. The zero-order chi connectivity index (χ0) is 14.6. The van der Waals surface area contributed by atoms with Crippen molar-refractivity contribution in [3.05, 3.63) is 41.0 Å². The number of hydrogen-bond acceptors (Lipinski definition) is 5.